The van der Waals surface area contributed by atoms with Gasteiger partial charge in [-0.15, -0.1) is 0 Å². The largest absolute Gasteiger partial charge is 0.316 e. The SMILES string of the molecule is CNCc1cn(Cc2cc(F)ccc2Br)nc1C. The molecule has 3 nitrogen and oxygen atoms in total. The second kappa shape index (κ2) is 5.63. The fraction of sp³-hybridized carbons (Fsp3) is 0.308. The highest BCUT2D eigenvalue weighted by atomic mass is 79.9. The van der Waals surface area contributed by atoms with E-state index in [1.165, 1.54) is 12.1 Å². The minimum absolute atomic E-state index is 0.229. The first-order chi connectivity index (χ1) is 8.60. The van der Waals surface area contributed by atoms with Crippen molar-refractivity contribution in [2.75, 3.05) is 7.05 Å². The van der Waals surface area contributed by atoms with Crippen LogP contribution < -0.4 is 5.32 Å². The van der Waals surface area contributed by atoms with Gasteiger partial charge in [0, 0.05) is 22.8 Å². The van der Waals surface area contributed by atoms with E-state index in [1.54, 1.807) is 6.07 Å². The third-order valence-electron chi connectivity index (χ3n) is 2.76. The van der Waals surface area contributed by atoms with Gasteiger partial charge in [-0.3, -0.25) is 4.68 Å². The van der Waals surface area contributed by atoms with Crippen molar-refractivity contribution in [2.24, 2.45) is 0 Å². The minimum atomic E-state index is -0.229. The van der Waals surface area contributed by atoms with Crippen LogP contribution >= 0.6 is 15.9 Å². The fourth-order valence-electron chi connectivity index (χ4n) is 1.84. The normalized spacial score (nSPS) is 10.9. The van der Waals surface area contributed by atoms with E-state index in [9.17, 15) is 4.39 Å². The second-order valence-electron chi connectivity index (χ2n) is 4.20. The van der Waals surface area contributed by atoms with Crippen LogP contribution in [0.4, 0.5) is 4.39 Å². The lowest BCUT2D eigenvalue weighted by Gasteiger charge is -2.04. The van der Waals surface area contributed by atoms with Gasteiger partial charge < -0.3 is 5.32 Å². The molecular formula is C13H15BrFN3. The summed E-state index contributed by atoms with van der Waals surface area (Å²) in [6.07, 6.45) is 1.99. The lowest BCUT2D eigenvalue weighted by atomic mass is 10.2. The first-order valence-electron chi connectivity index (χ1n) is 5.71. The summed E-state index contributed by atoms with van der Waals surface area (Å²) in [6, 6.07) is 4.68. The fourth-order valence-corrected chi connectivity index (χ4v) is 2.22. The number of halogens is 2. The maximum absolute atomic E-state index is 13.2. The van der Waals surface area contributed by atoms with Crippen LogP contribution in [0, 0.1) is 12.7 Å². The Bertz CT molecular complexity index is 551. The summed E-state index contributed by atoms with van der Waals surface area (Å²) in [5.74, 6) is -0.229. The molecule has 0 fully saturated rings. The Morgan fingerprint density at radius 2 is 2.17 bits per heavy atom. The van der Waals surface area contributed by atoms with Gasteiger partial charge >= 0.3 is 0 Å². The molecule has 0 unspecified atom stereocenters. The summed E-state index contributed by atoms with van der Waals surface area (Å²) in [5.41, 5.74) is 3.04. The quantitative estimate of drug-likeness (QED) is 0.941. The first-order valence-corrected chi connectivity index (χ1v) is 6.51. The average molecular weight is 312 g/mol. The number of hydrogen-bond donors (Lipinski definition) is 1. The van der Waals surface area contributed by atoms with Crippen molar-refractivity contribution in [1.82, 2.24) is 15.1 Å². The summed E-state index contributed by atoms with van der Waals surface area (Å²) in [6.45, 7) is 3.32. The number of aryl methyl sites for hydroxylation is 1. The van der Waals surface area contributed by atoms with Gasteiger partial charge in [0.2, 0.25) is 0 Å². The highest BCUT2D eigenvalue weighted by molar-refractivity contribution is 9.10. The molecule has 18 heavy (non-hydrogen) atoms. The summed E-state index contributed by atoms with van der Waals surface area (Å²) >= 11 is 3.42. The van der Waals surface area contributed by atoms with E-state index >= 15 is 0 Å². The van der Waals surface area contributed by atoms with Gasteiger partial charge in [-0.25, -0.2) is 4.39 Å². The number of rotatable bonds is 4. The molecule has 0 aliphatic heterocycles. The van der Waals surface area contributed by atoms with Gasteiger partial charge in [-0.2, -0.15) is 5.10 Å². The van der Waals surface area contributed by atoms with Crippen molar-refractivity contribution in [1.29, 1.82) is 0 Å². The van der Waals surface area contributed by atoms with Gasteiger partial charge in [-0.05, 0) is 37.7 Å². The van der Waals surface area contributed by atoms with Crippen LogP contribution in [0.25, 0.3) is 0 Å². The van der Waals surface area contributed by atoms with Gasteiger partial charge in [-0.1, -0.05) is 15.9 Å². The number of benzene rings is 1. The third-order valence-corrected chi connectivity index (χ3v) is 3.53. The first kappa shape index (κ1) is 13.2. The zero-order valence-corrected chi connectivity index (χ0v) is 12.0. The highest BCUT2D eigenvalue weighted by Crippen LogP contribution is 2.19. The number of nitrogens with zero attached hydrogens (tertiary/aromatic N) is 2. The van der Waals surface area contributed by atoms with Crippen molar-refractivity contribution >= 4 is 15.9 Å². The van der Waals surface area contributed by atoms with Crippen LogP contribution in [0.3, 0.4) is 0 Å². The van der Waals surface area contributed by atoms with Crippen molar-refractivity contribution in [3.63, 3.8) is 0 Å². The van der Waals surface area contributed by atoms with Crippen LogP contribution in [0.1, 0.15) is 16.8 Å². The molecule has 1 aromatic carbocycles. The van der Waals surface area contributed by atoms with Crippen LogP contribution in [0.5, 0.6) is 0 Å². The average Bonchev–Trinajstić information content (AvgIpc) is 2.65. The van der Waals surface area contributed by atoms with E-state index < -0.39 is 0 Å². The van der Waals surface area contributed by atoms with Crippen molar-refractivity contribution in [3.05, 3.63) is 51.5 Å². The Labute approximate surface area is 114 Å². The Balaban J connectivity index is 2.23. The molecule has 0 amide bonds. The predicted octanol–water partition coefficient (Wildman–Crippen LogP) is 2.86. The molecule has 0 aliphatic carbocycles. The van der Waals surface area contributed by atoms with Gasteiger partial charge in [0.1, 0.15) is 5.82 Å². The molecule has 0 atom stereocenters. The van der Waals surface area contributed by atoms with E-state index in [-0.39, 0.29) is 5.82 Å². The lowest BCUT2D eigenvalue weighted by molar-refractivity contribution is 0.617. The molecule has 1 heterocycles. The molecular weight excluding hydrogens is 297 g/mol. The van der Waals surface area contributed by atoms with Crippen LogP contribution in [-0.2, 0) is 13.1 Å². The zero-order chi connectivity index (χ0) is 13.1. The van der Waals surface area contributed by atoms with E-state index in [1.807, 2.05) is 24.9 Å². The Hall–Kier alpha value is -1.20. The van der Waals surface area contributed by atoms with E-state index in [0.29, 0.717) is 6.54 Å². The molecule has 0 bridgehead atoms. The minimum Gasteiger partial charge on any atom is -0.316 e. The Morgan fingerprint density at radius 1 is 1.39 bits per heavy atom. The predicted molar refractivity (Wildman–Crippen MR) is 72.9 cm³/mol. The molecule has 1 N–H and O–H groups in total. The van der Waals surface area contributed by atoms with Crippen LogP contribution in [0.2, 0.25) is 0 Å². The summed E-state index contributed by atoms with van der Waals surface area (Å²) < 4.78 is 15.9. The van der Waals surface area contributed by atoms with Crippen LogP contribution in [0.15, 0.2) is 28.9 Å². The maximum atomic E-state index is 13.2. The maximum Gasteiger partial charge on any atom is 0.123 e. The third kappa shape index (κ3) is 2.97. The van der Waals surface area contributed by atoms with Crippen molar-refractivity contribution in [3.8, 4) is 0 Å². The number of nitrogens with one attached hydrogen (secondary N) is 1. The molecule has 0 saturated carbocycles. The van der Waals surface area contributed by atoms with Crippen molar-refractivity contribution < 1.29 is 4.39 Å². The molecule has 0 radical (unpaired) electrons. The molecule has 5 heteroatoms. The Morgan fingerprint density at radius 3 is 2.89 bits per heavy atom. The summed E-state index contributed by atoms with van der Waals surface area (Å²) in [4.78, 5) is 0. The standard InChI is InChI=1S/C13H15BrFN3/c1-9-11(6-16-2)8-18(17-9)7-10-5-12(15)3-4-13(10)14/h3-5,8,16H,6-7H2,1-2H3. The monoisotopic (exact) mass is 311 g/mol. The van der Waals surface area contributed by atoms with Gasteiger partial charge in [0.05, 0.1) is 12.2 Å². The zero-order valence-electron chi connectivity index (χ0n) is 10.4. The molecule has 96 valence electrons. The lowest BCUT2D eigenvalue weighted by Crippen LogP contribution is -2.05. The molecule has 0 saturated heterocycles. The second-order valence-corrected chi connectivity index (χ2v) is 5.06. The van der Waals surface area contributed by atoms with E-state index in [4.69, 9.17) is 0 Å². The number of aromatic nitrogens is 2. The smallest absolute Gasteiger partial charge is 0.123 e. The molecule has 1 aromatic heterocycles. The van der Waals surface area contributed by atoms with Gasteiger partial charge in [0.25, 0.3) is 0 Å². The van der Waals surface area contributed by atoms with Crippen LogP contribution in [-0.4, -0.2) is 16.8 Å². The Kier molecular flexibility index (Phi) is 4.14. The molecule has 0 aliphatic rings. The molecule has 2 aromatic rings. The van der Waals surface area contributed by atoms with E-state index in [2.05, 4.69) is 26.3 Å². The molecule has 0 spiro atoms. The van der Waals surface area contributed by atoms with E-state index in [0.717, 1.165) is 27.8 Å². The number of hydrogen-bond acceptors (Lipinski definition) is 2. The van der Waals surface area contributed by atoms with Gasteiger partial charge in [0.15, 0.2) is 0 Å². The van der Waals surface area contributed by atoms with Crippen molar-refractivity contribution in [2.45, 2.75) is 20.0 Å². The molecule has 2 rings (SSSR count). The topological polar surface area (TPSA) is 29.9 Å². The summed E-state index contributed by atoms with van der Waals surface area (Å²) in [5, 5.41) is 7.53. The highest BCUT2D eigenvalue weighted by Gasteiger charge is 2.07. The summed E-state index contributed by atoms with van der Waals surface area (Å²) in [7, 11) is 1.90.